The van der Waals surface area contributed by atoms with Crippen LogP contribution >= 0.6 is 11.6 Å². The number of hydrogen-bond acceptors (Lipinski definition) is 6. The molecule has 1 atom stereocenters. The van der Waals surface area contributed by atoms with Crippen LogP contribution in [0.3, 0.4) is 0 Å². The molecular weight excluding hydrogens is 334 g/mol. The summed E-state index contributed by atoms with van der Waals surface area (Å²) < 4.78 is 6.89. The van der Waals surface area contributed by atoms with Crippen molar-refractivity contribution in [2.75, 3.05) is 5.32 Å². The molecule has 124 valence electrons. The van der Waals surface area contributed by atoms with Crippen LogP contribution < -0.4 is 5.32 Å². The van der Waals surface area contributed by atoms with E-state index in [9.17, 15) is 9.90 Å². The van der Waals surface area contributed by atoms with Gasteiger partial charge in [0.25, 0.3) is 0 Å². The highest BCUT2D eigenvalue weighted by Crippen LogP contribution is 2.30. The maximum absolute atomic E-state index is 11.6. The second-order valence-electron chi connectivity index (χ2n) is 5.21. The Morgan fingerprint density at radius 1 is 1.42 bits per heavy atom. The number of aromatic nitrogens is 4. The molecule has 8 nitrogen and oxygen atoms in total. The van der Waals surface area contributed by atoms with Crippen LogP contribution in [-0.4, -0.2) is 37.0 Å². The third kappa shape index (κ3) is 3.38. The lowest BCUT2D eigenvalue weighted by atomic mass is 10.1. The number of anilines is 1. The van der Waals surface area contributed by atoms with E-state index in [1.54, 1.807) is 35.3 Å². The van der Waals surface area contributed by atoms with Crippen LogP contribution in [0.15, 0.2) is 41.4 Å². The van der Waals surface area contributed by atoms with E-state index in [-0.39, 0.29) is 23.2 Å². The number of carboxylic acids is 1. The summed E-state index contributed by atoms with van der Waals surface area (Å²) in [6.45, 7) is 2.38. The molecule has 24 heavy (non-hydrogen) atoms. The van der Waals surface area contributed by atoms with Crippen LogP contribution in [0.5, 0.6) is 0 Å². The zero-order chi connectivity index (χ0) is 17.1. The van der Waals surface area contributed by atoms with Gasteiger partial charge >= 0.3 is 5.97 Å². The van der Waals surface area contributed by atoms with Crippen molar-refractivity contribution in [1.29, 1.82) is 0 Å². The van der Waals surface area contributed by atoms with Crippen LogP contribution in [0.4, 0.5) is 5.82 Å². The van der Waals surface area contributed by atoms with Crippen molar-refractivity contribution in [3.05, 3.63) is 47.5 Å². The Morgan fingerprint density at radius 2 is 2.17 bits per heavy atom. The largest absolute Gasteiger partial charge is 0.477 e. The summed E-state index contributed by atoms with van der Waals surface area (Å²) in [6, 6.07) is 6.54. The fraction of sp³-hybridized carbons (Fsp3) is 0.200. The first-order chi connectivity index (χ1) is 11.5. The minimum absolute atomic E-state index is 0.0252. The van der Waals surface area contributed by atoms with Gasteiger partial charge in [-0.05, 0) is 31.2 Å². The molecular formula is C15H14ClN5O3. The molecule has 0 radical (unpaired) electrons. The Morgan fingerprint density at radius 3 is 2.79 bits per heavy atom. The molecule has 0 saturated heterocycles. The molecule has 1 unspecified atom stereocenters. The van der Waals surface area contributed by atoms with Gasteiger partial charge in [0.2, 0.25) is 0 Å². The first kappa shape index (κ1) is 16.0. The molecule has 9 heteroatoms. The zero-order valence-electron chi connectivity index (χ0n) is 12.7. The molecule has 0 aliphatic rings. The second-order valence-corrected chi connectivity index (χ2v) is 5.65. The van der Waals surface area contributed by atoms with E-state index < -0.39 is 5.97 Å². The van der Waals surface area contributed by atoms with E-state index in [2.05, 4.69) is 20.6 Å². The number of carboxylic acid groups (broad SMARTS) is 1. The van der Waals surface area contributed by atoms with Crippen molar-refractivity contribution >= 4 is 23.4 Å². The lowest BCUT2D eigenvalue weighted by Gasteiger charge is -2.12. The Bertz CT molecular complexity index is 829. The van der Waals surface area contributed by atoms with Crippen LogP contribution in [-0.2, 0) is 6.54 Å². The molecule has 0 saturated carbocycles. The maximum atomic E-state index is 11.6. The quantitative estimate of drug-likeness (QED) is 0.706. The number of carbonyl (C=O) groups is 1. The Kier molecular flexibility index (Phi) is 4.48. The number of aromatic carboxylic acids is 1. The van der Waals surface area contributed by atoms with Gasteiger partial charge < -0.3 is 14.9 Å². The molecule has 0 aliphatic heterocycles. The Hall–Kier alpha value is -2.87. The van der Waals surface area contributed by atoms with Gasteiger partial charge in [-0.1, -0.05) is 16.8 Å². The van der Waals surface area contributed by atoms with Gasteiger partial charge in [0.1, 0.15) is 12.7 Å². The number of rotatable bonds is 6. The highest BCUT2D eigenvalue weighted by Gasteiger charge is 2.24. The van der Waals surface area contributed by atoms with Crippen molar-refractivity contribution in [2.24, 2.45) is 0 Å². The van der Waals surface area contributed by atoms with Crippen molar-refractivity contribution in [2.45, 2.75) is 19.5 Å². The van der Waals surface area contributed by atoms with Gasteiger partial charge in [-0.15, -0.1) is 0 Å². The molecule has 2 N–H and O–H groups in total. The molecule has 0 aliphatic carbocycles. The lowest BCUT2D eigenvalue weighted by molar-refractivity contribution is 0.0698. The van der Waals surface area contributed by atoms with Crippen LogP contribution in [0, 0.1) is 0 Å². The predicted octanol–water partition coefficient (Wildman–Crippen LogP) is 2.79. The minimum Gasteiger partial charge on any atom is -0.477 e. The van der Waals surface area contributed by atoms with Gasteiger partial charge in [-0.3, -0.25) is 4.68 Å². The van der Waals surface area contributed by atoms with E-state index >= 15 is 0 Å². The fourth-order valence-corrected chi connectivity index (χ4v) is 2.40. The molecule has 0 fully saturated rings. The monoisotopic (exact) mass is 347 g/mol. The molecule has 2 heterocycles. The average Bonchev–Trinajstić information content (AvgIpc) is 3.17. The summed E-state index contributed by atoms with van der Waals surface area (Å²) in [5.74, 6) is -0.786. The van der Waals surface area contributed by atoms with E-state index in [1.165, 1.54) is 6.33 Å². The first-order valence-corrected chi connectivity index (χ1v) is 7.50. The third-order valence-corrected chi connectivity index (χ3v) is 3.57. The minimum atomic E-state index is -1.13. The molecule has 3 aromatic rings. The number of halogens is 1. The normalized spacial score (nSPS) is 12.1. The molecule has 1 aromatic carbocycles. The van der Waals surface area contributed by atoms with Crippen LogP contribution in [0.25, 0.3) is 11.3 Å². The van der Waals surface area contributed by atoms with E-state index in [4.69, 9.17) is 16.1 Å². The van der Waals surface area contributed by atoms with Gasteiger partial charge in [0.15, 0.2) is 17.1 Å². The van der Waals surface area contributed by atoms with E-state index in [1.807, 2.05) is 6.92 Å². The van der Waals surface area contributed by atoms with Gasteiger partial charge in [0, 0.05) is 16.6 Å². The summed E-state index contributed by atoms with van der Waals surface area (Å²) in [7, 11) is 0. The third-order valence-electron chi connectivity index (χ3n) is 3.32. The van der Waals surface area contributed by atoms with Crippen LogP contribution in [0.2, 0.25) is 5.02 Å². The predicted molar refractivity (Wildman–Crippen MR) is 87.0 cm³/mol. The summed E-state index contributed by atoms with van der Waals surface area (Å²) in [6.07, 6.45) is 3.02. The van der Waals surface area contributed by atoms with E-state index in [0.717, 1.165) is 0 Å². The molecule has 0 amide bonds. The number of hydrogen-bond donors (Lipinski definition) is 2. The summed E-state index contributed by atoms with van der Waals surface area (Å²) in [4.78, 5) is 15.5. The first-order valence-electron chi connectivity index (χ1n) is 7.12. The SMILES string of the molecule is CC(Cn1cncn1)Nc1noc(-c2ccc(Cl)cc2)c1C(=O)O. The van der Waals surface area contributed by atoms with E-state index in [0.29, 0.717) is 17.1 Å². The molecule has 0 bridgehead atoms. The molecule has 0 spiro atoms. The Labute approximate surface area is 142 Å². The van der Waals surface area contributed by atoms with Gasteiger partial charge in [-0.2, -0.15) is 5.10 Å². The zero-order valence-corrected chi connectivity index (χ0v) is 13.4. The Balaban J connectivity index is 1.86. The number of nitrogens with one attached hydrogen (secondary N) is 1. The van der Waals surface area contributed by atoms with Crippen molar-refractivity contribution in [3.63, 3.8) is 0 Å². The van der Waals surface area contributed by atoms with Crippen molar-refractivity contribution in [1.82, 2.24) is 19.9 Å². The second kappa shape index (κ2) is 6.71. The molecule has 3 rings (SSSR count). The standard InChI is InChI=1S/C15H14ClN5O3/c1-9(6-21-8-17-7-18-21)19-14-12(15(22)23)13(24-20-14)10-2-4-11(16)5-3-10/h2-5,7-9H,6H2,1H3,(H,19,20)(H,22,23). The van der Waals surface area contributed by atoms with Crippen molar-refractivity contribution < 1.29 is 14.4 Å². The van der Waals surface area contributed by atoms with Gasteiger partial charge in [-0.25, -0.2) is 9.78 Å². The van der Waals surface area contributed by atoms with Crippen LogP contribution in [0.1, 0.15) is 17.3 Å². The maximum Gasteiger partial charge on any atom is 0.343 e. The average molecular weight is 348 g/mol. The topological polar surface area (TPSA) is 106 Å². The van der Waals surface area contributed by atoms with Gasteiger partial charge in [0.05, 0.1) is 6.54 Å². The fourth-order valence-electron chi connectivity index (χ4n) is 2.27. The summed E-state index contributed by atoms with van der Waals surface area (Å²) >= 11 is 5.85. The highest BCUT2D eigenvalue weighted by molar-refractivity contribution is 6.30. The molecule has 2 aromatic heterocycles. The highest BCUT2D eigenvalue weighted by atomic mass is 35.5. The number of benzene rings is 1. The number of nitrogens with zero attached hydrogens (tertiary/aromatic N) is 4. The summed E-state index contributed by atoms with van der Waals surface area (Å²) in [5.41, 5.74) is 0.559. The summed E-state index contributed by atoms with van der Waals surface area (Å²) in [5, 5.41) is 21.0. The smallest absolute Gasteiger partial charge is 0.343 e. The lowest BCUT2D eigenvalue weighted by Crippen LogP contribution is -2.23. The van der Waals surface area contributed by atoms with Crippen molar-refractivity contribution in [3.8, 4) is 11.3 Å².